The van der Waals surface area contributed by atoms with Crippen LogP contribution in [0.25, 0.3) is 6.08 Å². The number of aryl methyl sites for hydroxylation is 3. The first-order valence-corrected chi connectivity index (χ1v) is 12.9. The number of rotatable bonds is 6. The third-order valence-electron chi connectivity index (χ3n) is 5.91. The van der Waals surface area contributed by atoms with E-state index >= 15 is 0 Å². The van der Waals surface area contributed by atoms with Crippen LogP contribution in [0.4, 0.5) is 0 Å². The summed E-state index contributed by atoms with van der Waals surface area (Å²) in [6.45, 7) is 6.49. The van der Waals surface area contributed by atoms with Crippen molar-refractivity contribution < 1.29 is 17.0 Å². The van der Waals surface area contributed by atoms with Crippen LogP contribution in [0, 0.1) is 20.8 Å². The Hall–Kier alpha value is -2.47. The molecule has 0 N–H and O–H groups in total. The summed E-state index contributed by atoms with van der Waals surface area (Å²) in [6, 6.07) is 38.2. The summed E-state index contributed by atoms with van der Waals surface area (Å²) in [5, 5.41) is 4.30. The van der Waals surface area contributed by atoms with Crippen LogP contribution in [0.3, 0.4) is 0 Å². The van der Waals surface area contributed by atoms with Gasteiger partial charge in [-0.3, -0.25) is 0 Å². The van der Waals surface area contributed by atoms with E-state index in [2.05, 4.69) is 136 Å². The van der Waals surface area contributed by atoms with E-state index in [1.807, 2.05) is 0 Å². The molecular weight excluding hydrogens is 471 g/mol. The van der Waals surface area contributed by atoms with E-state index in [0.29, 0.717) is 0 Å². The first kappa shape index (κ1) is 24.2. The van der Waals surface area contributed by atoms with Crippen molar-refractivity contribution in [1.29, 1.82) is 0 Å². The molecule has 0 spiro atoms. The van der Waals surface area contributed by atoms with E-state index in [-0.39, 0.29) is 17.0 Å². The minimum Gasteiger partial charge on any atom is -1.00 e. The highest BCUT2D eigenvalue weighted by Crippen LogP contribution is 2.55. The summed E-state index contributed by atoms with van der Waals surface area (Å²) in [6.07, 6.45) is 5.64. The van der Waals surface area contributed by atoms with E-state index in [0.717, 1.165) is 6.16 Å². The summed E-state index contributed by atoms with van der Waals surface area (Å²) < 4.78 is 0. The molecule has 0 aliphatic rings. The minimum atomic E-state index is -1.84. The van der Waals surface area contributed by atoms with Crippen molar-refractivity contribution in [3.05, 3.63) is 131 Å². The predicted octanol–water partition coefficient (Wildman–Crippen LogP) is 3.62. The second kappa shape index (κ2) is 10.9. The summed E-state index contributed by atoms with van der Waals surface area (Å²) >= 11 is 0. The topological polar surface area (TPSA) is 0 Å². The van der Waals surface area contributed by atoms with Crippen LogP contribution in [-0.2, 0) is 0 Å². The van der Waals surface area contributed by atoms with Crippen LogP contribution in [-0.4, -0.2) is 6.16 Å². The third-order valence-corrected chi connectivity index (χ3v) is 10.2. The van der Waals surface area contributed by atoms with Gasteiger partial charge in [-0.25, -0.2) is 0 Å². The van der Waals surface area contributed by atoms with Gasteiger partial charge in [0, 0.05) is 0 Å². The van der Waals surface area contributed by atoms with E-state index in [1.165, 1.54) is 38.2 Å². The maximum absolute atomic E-state index is 2.38. The molecule has 162 valence electrons. The summed E-state index contributed by atoms with van der Waals surface area (Å²) in [7, 11) is -1.84. The largest absolute Gasteiger partial charge is 1.00 e. The number of halogens is 1. The molecule has 0 unspecified atom stereocenters. The average molecular weight is 501 g/mol. The van der Waals surface area contributed by atoms with Crippen molar-refractivity contribution in [3.63, 3.8) is 0 Å². The highest BCUT2D eigenvalue weighted by atomic mass is 79.9. The zero-order chi connectivity index (χ0) is 21.7. The normalized spacial score (nSPS) is 11.3. The molecule has 0 aliphatic heterocycles. The van der Waals surface area contributed by atoms with Crippen molar-refractivity contribution in [2.45, 2.75) is 20.8 Å². The van der Waals surface area contributed by atoms with Crippen molar-refractivity contribution in [2.75, 3.05) is 6.16 Å². The zero-order valence-electron chi connectivity index (χ0n) is 19.0. The molecule has 0 amide bonds. The lowest BCUT2D eigenvalue weighted by Gasteiger charge is -2.27. The Morgan fingerprint density at radius 2 is 0.906 bits per heavy atom. The minimum absolute atomic E-state index is 0. The zero-order valence-corrected chi connectivity index (χ0v) is 21.5. The highest BCUT2D eigenvalue weighted by Gasteiger charge is 2.44. The van der Waals surface area contributed by atoms with Gasteiger partial charge in [0.25, 0.3) is 0 Å². The molecule has 32 heavy (non-hydrogen) atoms. The third kappa shape index (κ3) is 5.29. The average Bonchev–Trinajstić information content (AvgIpc) is 2.80. The van der Waals surface area contributed by atoms with Gasteiger partial charge in [0.2, 0.25) is 0 Å². The van der Waals surface area contributed by atoms with Crippen LogP contribution < -0.4 is 32.9 Å². The molecule has 0 nitrogen and oxygen atoms in total. The van der Waals surface area contributed by atoms with Gasteiger partial charge in [-0.2, -0.15) is 0 Å². The van der Waals surface area contributed by atoms with Gasteiger partial charge in [0.05, 0.1) is 6.16 Å². The highest BCUT2D eigenvalue weighted by molar-refractivity contribution is 7.95. The van der Waals surface area contributed by atoms with Crippen molar-refractivity contribution in [3.8, 4) is 0 Å². The predicted molar refractivity (Wildman–Crippen MR) is 140 cm³/mol. The Morgan fingerprint density at radius 1 is 0.531 bits per heavy atom. The Labute approximate surface area is 204 Å². The number of hydrogen-bond acceptors (Lipinski definition) is 0. The van der Waals surface area contributed by atoms with Gasteiger partial charge < -0.3 is 17.0 Å². The van der Waals surface area contributed by atoms with Gasteiger partial charge in [-0.1, -0.05) is 89.5 Å². The van der Waals surface area contributed by atoms with Crippen LogP contribution in [0.15, 0.2) is 109 Å². The first-order chi connectivity index (χ1) is 15.1. The summed E-state index contributed by atoms with van der Waals surface area (Å²) in [4.78, 5) is 0. The molecule has 0 aromatic heterocycles. The summed E-state index contributed by atoms with van der Waals surface area (Å²) in [5.41, 5.74) is 5.15. The Bertz CT molecular complexity index is 1030. The molecule has 0 aliphatic carbocycles. The standard InChI is InChI=1S/C30H30P.BrH/c1-24-11-17-28(18-12-24)31(29-19-13-25(2)14-20-29,30-21-15-26(3)16-22-30)23-7-10-27-8-5-4-6-9-27;/h4-22H,23H2,1-3H3;1H/q+1;/p-1. The van der Waals surface area contributed by atoms with E-state index in [9.17, 15) is 0 Å². The lowest BCUT2D eigenvalue weighted by Crippen LogP contribution is -3.00. The second-order valence-corrected chi connectivity index (χ2v) is 11.8. The van der Waals surface area contributed by atoms with Crippen molar-refractivity contribution >= 4 is 29.3 Å². The first-order valence-electron chi connectivity index (χ1n) is 10.9. The molecule has 0 heterocycles. The fourth-order valence-electron chi connectivity index (χ4n) is 4.07. The van der Waals surface area contributed by atoms with Crippen LogP contribution >= 0.6 is 7.26 Å². The SMILES string of the molecule is Cc1ccc([P+](CC=Cc2ccccc2)(c2ccc(C)cc2)c2ccc(C)cc2)cc1.[Br-]. The van der Waals surface area contributed by atoms with Crippen LogP contribution in [0.2, 0.25) is 0 Å². The molecule has 0 saturated carbocycles. The fourth-order valence-corrected chi connectivity index (χ4v) is 7.99. The Morgan fingerprint density at radius 3 is 1.28 bits per heavy atom. The Kier molecular flexibility index (Phi) is 8.24. The molecule has 0 saturated heterocycles. The lowest BCUT2D eigenvalue weighted by molar-refractivity contribution is -0.00000622. The Balaban J connectivity index is 0.00000289. The van der Waals surface area contributed by atoms with E-state index in [1.54, 1.807) is 0 Å². The molecule has 4 aromatic carbocycles. The molecule has 0 radical (unpaired) electrons. The molecule has 4 aromatic rings. The number of benzene rings is 4. The van der Waals surface area contributed by atoms with E-state index in [4.69, 9.17) is 0 Å². The molecule has 0 fully saturated rings. The van der Waals surface area contributed by atoms with Gasteiger partial charge >= 0.3 is 0 Å². The van der Waals surface area contributed by atoms with Crippen LogP contribution in [0.5, 0.6) is 0 Å². The van der Waals surface area contributed by atoms with Crippen LogP contribution in [0.1, 0.15) is 22.3 Å². The quantitative estimate of drug-likeness (QED) is 0.354. The molecule has 0 atom stereocenters. The van der Waals surface area contributed by atoms with Gasteiger partial charge in [-0.15, -0.1) is 0 Å². The monoisotopic (exact) mass is 500 g/mol. The molecule has 4 rings (SSSR count). The van der Waals surface area contributed by atoms with Crippen molar-refractivity contribution in [2.24, 2.45) is 0 Å². The van der Waals surface area contributed by atoms with Gasteiger partial charge in [0.15, 0.2) is 0 Å². The smallest absolute Gasteiger partial charge is 0.115 e. The number of hydrogen-bond donors (Lipinski definition) is 0. The molecular formula is C30H30BrP. The lowest BCUT2D eigenvalue weighted by atomic mass is 10.2. The van der Waals surface area contributed by atoms with Gasteiger partial charge in [-0.05, 0) is 68.8 Å². The van der Waals surface area contributed by atoms with Crippen molar-refractivity contribution in [1.82, 2.24) is 0 Å². The molecule has 0 bridgehead atoms. The second-order valence-electron chi connectivity index (χ2n) is 8.31. The fraction of sp³-hybridized carbons (Fsp3) is 0.133. The maximum atomic E-state index is 2.38. The maximum Gasteiger partial charge on any atom is 0.115 e. The molecule has 2 heteroatoms. The summed E-state index contributed by atoms with van der Waals surface area (Å²) in [5.74, 6) is 0. The number of allylic oxidation sites excluding steroid dienone is 1. The van der Waals surface area contributed by atoms with E-state index < -0.39 is 7.26 Å². The van der Waals surface area contributed by atoms with Gasteiger partial charge in [0.1, 0.15) is 23.2 Å².